The molecule has 0 saturated heterocycles. The molecule has 0 unspecified atom stereocenters. The minimum Gasteiger partial charge on any atom is -0.486 e. The van der Waals surface area contributed by atoms with Gasteiger partial charge in [0.2, 0.25) is 0 Å². The highest BCUT2D eigenvalue weighted by molar-refractivity contribution is 5.82. The number of hydrogen-bond acceptors (Lipinski definition) is 6. The van der Waals surface area contributed by atoms with Gasteiger partial charge in [0.15, 0.2) is 0 Å². The molecule has 0 bridgehead atoms. The number of pyridine rings is 1. The normalized spacial score (nSPS) is 17.6. The molecular formula is C13H18N2O5. The van der Waals surface area contributed by atoms with Crippen LogP contribution in [0.15, 0.2) is 24.5 Å². The molecule has 0 aromatic carbocycles. The lowest BCUT2D eigenvalue weighted by atomic mass is 10.0. The minimum absolute atomic E-state index is 0.491. The van der Waals surface area contributed by atoms with Crippen molar-refractivity contribution in [3.63, 3.8) is 0 Å². The summed E-state index contributed by atoms with van der Waals surface area (Å²) in [6, 6.07) is 3.57. The second-order valence-electron chi connectivity index (χ2n) is 4.61. The number of nitrogens with zero attached hydrogens (tertiary/aromatic N) is 1. The number of aliphatic hydroxyl groups is 4. The zero-order valence-corrected chi connectivity index (χ0v) is 11.0. The maximum atomic E-state index is 9.89. The van der Waals surface area contributed by atoms with Gasteiger partial charge in [0.05, 0.1) is 12.0 Å². The van der Waals surface area contributed by atoms with Crippen LogP contribution in [0.5, 0.6) is 5.75 Å². The largest absolute Gasteiger partial charge is 0.486 e. The van der Waals surface area contributed by atoms with E-state index in [-0.39, 0.29) is 0 Å². The van der Waals surface area contributed by atoms with Crippen molar-refractivity contribution in [1.29, 1.82) is 0 Å². The summed E-state index contributed by atoms with van der Waals surface area (Å²) in [5.41, 5.74) is 0.653. The van der Waals surface area contributed by atoms with E-state index in [4.69, 9.17) is 9.84 Å². The molecule has 5 N–H and O–H groups in total. The minimum atomic E-state index is -1.49. The van der Waals surface area contributed by atoms with Crippen LogP contribution in [-0.2, 0) is 0 Å². The van der Waals surface area contributed by atoms with E-state index in [1.807, 2.05) is 6.07 Å². The van der Waals surface area contributed by atoms with Crippen LogP contribution in [0.1, 0.15) is 6.92 Å². The summed E-state index contributed by atoms with van der Waals surface area (Å²) >= 11 is 0. The summed E-state index contributed by atoms with van der Waals surface area (Å²) in [6.45, 7) is 0.926. The van der Waals surface area contributed by atoms with Crippen LogP contribution in [0.25, 0.3) is 11.0 Å². The molecule has 0 aliphatic rings. The molecule has 4 atom stereocenters. The molecule has 0 saturated carbocycles. The maximum Gasteiger partial charge on any atom is 0.146 e. The quantitative estimate of drug-likeness (QED) is 0.483. The molecule has 110 valence electrons. The first-order valence-corrected chi connectivity index (χ1v) is 6.28. The van der Waals surface area contributed by atoms with Gasteiger partial charge in [-0.05, 0) is 19.1 Å². The number of aliphatic hydroxyl groups excluding tert-OH is 4. The first kappa shape index (κ1) is 14.7. The summed E-state index contributed by atoms with van der Waals surface area (Å²) in [6.07, 6.45) is -1.76. The van der Waals surface area contributed by atoms with Gasteiger partial charge >= 0.3 is 0 Å². The van der Waals surface area contributed by atoms with E-state index in [0.717, 1.165) is 5.39 Å². The second kappa shape index (κ2) is 6.19. The van der Waals surface area contributed by atoms with Crippen LogP contribution in [0.3, 0.4) is 0 Å². The highest BCUT2D eigenvalue weighted by atomic mass is 16.5. The number of aromatic nitrogens is 2. The number of nitrogens with one attached hydrogen (secondary N) is 1. The molecular weight excluding hydrogens is 264 g/mol. The van der Waals surface area contributed by atoms with Crippen molar-refractivity contribution < 1.29 is 25.2 Å². The number of aromatic amines is 1. The van der Waals surface area contributed by atoms with E-state index in [2.05, 4.69) is 9.97 Å². The van der Waals surface area contributed by atoms with E-state index in [1.54, 1.807) is 25.4 Å². The average Bonchev–Trinajstić information content (AvgIpc) is 2.88. The van der Waals surface area contributed by atoms with Crippen molar-refractivity contribution in [1.82, 2.24) is 9.97 Å². The third-order valence-corrected chi connectivity index (χ3v) is 3.14. The van der Waals surface area contributed by atoms with Crippen molar-refractivity contribution in [3.8, 4) is 5.75 Å². The molecule has 0 amide bonds. The van der Waals surface area contributed by atoms with Crippen LogP contribution in [0.4, 0.5) is 0 Å². The summed E-state index contributed by atoms with van der Waals surface area (Å²) < 4.78 is 5.57. The van der Waals surface area contributed by atoms with Gasteiger partial charge in [0, 0.05) is 12.4 Å². The Balaban J connectivity index is 2.09. The van der Waals surface area contributed by atoms with Crippen molar-refractivity contribution in [2.24, 2.45) is 0 Å². The molecule has 0 aliphatic heterocycles. The van der Waals surface area contributed by atoms with Gasteiger partial charge in [-0.15, -0.1) is 0 Å². The summed E-state index contributed by atoms with van der Waals surface area (Å²) in [5.74, 6) is 0.491. The third-order valence-electron chi connectivity index (χ3n) is 3.14. The fourth-order valence-electron chi connectivity index (χ4n) is 1.91. The van der Waals surface area contributed by atoms with Crippen LogP contribution in [0.2, 0.25) is 0 Å². The predicted octanol–water partition coefficient (Wildman–Crippen LogP) is -0.595. The Hall–Kier alpha value is -1.67. The standard InChI is InChI=1S/C13H18N2O5/c1-7(11(18)12(19)9(17)6-16)20-10-5-15-13-8(10)3-2-4-14-13/h2-5,7,9,11-12,16-19H,6H2,1H3,(H,14,15)/t7-,9-,11-,12-/m1/s1. The Morgan fingerprint density at radius 3 is 2.75 bits per heavy atom. The fourth-order valence-corrected chi connectivity index (χ4v) is 1.91. The fraction of sp³-hybridized carbons (Fsp3) is 0.462. The first-order chi connectivity index (χ1) is 9.54. The van der Waals surface area contributed by atoms with E-state index in [9.17, 15) is 15.3 Å². The summed E-state index contributed by atoms with van der Waals surface area (Å²) in [4.78, 5) is 7.04. The van der Waals surface area contributed by atoms with Crippen LogP contribution in [-0.4, -0.2) is 61.4 Å². The van der Waals surface area contributed by atoms with E-state index >= 15 is 0 Å². The summed E-state index contributed by atoms with van der Waals surface area (Å²) in [5, 5.41) is 38.3. The predicted molar refractivity (Wildman–Crippen MR) is 71.3 cm³/mol. The Kier molecular flexibility index (Phi) is 4.56. The van der Waals surface area contributed by atoms with Crippen molar-refractivity contribution in [2.45, 2.75) is 31.3 Å². The molecule has 0 spiro atoms. The Morgan fingerprint density at radius 2 is 2.05 bits per heavy atom. The van der Waals surface area contributed by atoms with Gasteiger partial charge < -0.3 is 30.1 Å². The number of rotatable bonds is 6. The van der Waals surface area contributed by atoms with Crippen molar-refractivity contribution in [3.05, 3.63) is 24.5 Å². The van der Waals surface area contributed by atoms with Crippen molar-refractivity contribution >= 4 is 11.0 Å². The number of ether oxygens (including phenoxy) is 1. The Bertz CT molecular complexity index is 558. The molecule has 0 aliphatic carbocycles. The molecule has 2 aromatic heterocycles. The van der Waals surface area contributed by atoms with E-state index < -0.39 is 31.0 Å². The molecule has 2 rings (SSSR count). The second-order valence-corrected chi connectivity index (χ2v) is 4.61. The Labute approximate surface area is 115 Å². The smallest absolute Gasteiger partial charge is 0.146 e. The highest BCUT2D eigenvalue weighted by Gasteiger charge is 2.30. The van der Waals surface area contributed by atoms with Crippen LogP contribution in [0, 0.1) is 0 Å². The van der Waals surface area contributed by atoms with E-state index in [0.29, 0.717) is 11.4 Å². The topological polar surface area (TPSA) is 119 Å². The molecule has 0 fully saturated rings. The molecule has 0 radical (unpaired) electrons. The summed E-state index contributed by atoms with van der Waals surface area (Å²) in [7, 11) is 0. The number of fused-ring (bicyclic) bond motifs is 1. The van der Waals surface area contributed by atoms with Gasteiger partial charge in [-0.2, -0.15) is 0 Å². The molecule has 7 nitrogen and oxygen atoms in total. The molecule has 2 heterocycles. The average molecular weight is 282 g/mol. The molecule has 20 heavy (non-hydrogen) atoms. The van der Waals surface area contributed by atoms with Crippen LogP contribution >= 0.6 is 0 Å². The van der Waals surface area contributed by atoms with Gasteiger partial charge in [-0.1, -0.05) is 0 Å². The Morgan fingerprint density at radius 1 is 1.30 bits per heavy atom. The third kappa shape index (κ3) is 2.91. The van der Waals surface area contributed by atoms with Gasteiger partial charge in [0.1, 0.15) is 35.8 Å². The van der Waals surface area contributed by atoms with Crippen molar-refractivity contribution in [2.75, 3.05) is 6.61 Å². The lowest BCUT2D eigenvalue weighted by molar-refractivity contribution is -0.105. The molecule has 7 heteroatoms. The number of hydrogen-bond donors (Lipinski definition) is 5. The lowest BCUT2D eigenvalue weighted by Crippen LogP contribution is -2.46. The SMILES string of the molecule is C[C@@H](Oc1c[nH]c2ncccc12)[C@@H](O)[C@H](O)[C@H](O)CO. The zero-order chi connectivity index (χ0) is 14.7. The number of H-pyrrole nitrogens is 1. The van der Waals surface area contributed by atoms with Gasteiger partial charge in [0.25, 0.3) is 0 Å². The maximum absolute atomic E-state index is 9.89. The van der Waals surface area contributed by atoms with Gasteiger partial charge in [-0.3, -0.25) is 0 Å². The monoisotopic (exact) mass is 282 g/mol. The van der Waals surface area contributed by atoms with Crippen LogP contribution < -0.4 is 4.74 Å². The first-order valence-electron chi connectivity index (χ1n) is 6.28. The molecule has 2 aromatic rings. The van der Waals surface area contributed by atoms with E-state index in [1.165, 1.54) is 0 Å². The highest BCUT2D eigenvalue weighted by Crippen LogP contribution is 2.25. The van der Waals surface area contributed by atoms with Gasteiger partial charge in [-0.25, -0.2) is 4.98 Å². The lowest BCUT2D eigenvalue weighted by Gasteiger charge is -2.26. The zero-order valence-electron chi connectivity index (χ0n) is 11.0.